The predicted molar refractivity (Wildman–Crippen MR) is 170 cm³/mol. The number of nitrogens with one attached hydrogen (secondary N) is 2. The number of piperidine rings is 2. The van der Waals surface area contributed by atoms with Crippen LogP contribution in [0.2, 0.25) is 0 Å². The van der Waals surface area contributed by atoms with Gasteiger partial charge < -0.3 is 25.2 Å². The summed E-state index contributed by atoms with van der Waals surface area (Å²) < 4.78 is 5.38. The second-order valence-electron chi connectivity index (χ2n) is 13.6. The van der Waals surface area contributed by atoms with E-state index in [1.54, 1.807) is 14.0 Å². The fourth-order valence-electron chi connectivity index (χ4n) is 8.35. The van der Waals surface area contributed by atoms with Crippen molar-refractivity contribution in [2.45, 2.75) is 88.3 Å². The molecule has 4 fully saturated rings. The molecule has 2 N–H and O–H groups in total. The Bertz CT molecular complexity index is 1390. The Balaban J connectivity index is 1.27. The van der Waals surface area contributed by atoms with Gasteiger partial charge in [0.25, 0.3) is 0 Å². The number of carbonyl (C=O) groups excluding carboxylic acids is 4. The molecule has 2 aromatic carbocycles. The number of rotatable bonds is 5. The minimum absolute atomic E-state index is 0.0729. The van der Waals surface area contributed by atoms with Gasteiger partial charge in [-0.1, -0.05) is 55.3 Å². The maximum Gasteiger partial charge on any atom is 0.245 e. The minimum Gasteiger partial charge on any atom is -0.497 e. The number of benzene rings is 2. The SMILES string of the molecule is COc1ccc(C2(C(=O)N3C[C@@H]4C[C@H](C3)[C@@H]3CCCC(=O)N[C@H](C)C(=O)N[C@@H](Cc5ccccc5)C(=O)N3C4)CCCC2)cc1. The van der Waals surface area contributed by atoms with Crippen LogP contribution in [0.5, 0.6) is 5.75 Å². The average Bonchev–Trinajstić information content (AvgIpc) is 3.56. The molecule has 4 amide bonds. The number of hydrogen-bond acceptors (Lipinski definition) is 5. The van der Waals surface area contributed by atoms with Crippen LogP contribution in [0.1, 0.15) is 69.4 Å². The van der Waals surface area contributed by atoms with E-state index in [9.17, 15) is 19.2 Å². The number of ether oxygens (including phenoxy) is 1. The zero-order valence-corrected chi connectivity index (χ0v) is 26.5. The third kappa shape index (κ3) is 6.44. The van der Waals surface area contributed by atoms with Crippen molar-refractivity contribution in [2.24, 2.45) is 11.8 Å². The quantitative estimate of drug-likeness (QED) is 0.535. The molecule has 5 atom stereocenters. The van der Waals surface area contributed by atoms with Gasteiger partial charge in [0, 0.05) is 38.5 Å². The monoisotopic (exact) mass is 614 g/mol. The summed E-state index contributed by atoms with van der Waals surface area (Å²) in [5.41, 5.74) is 1.50. The van der Waals surface area contributed by atoms with E-state index in [4.69, 9.17) is 4.74 Å². The standard InChI is InChI=1S/C36H46N4O5/c1-24-33(42)38-30(20-25-9-4-3-5-10-25)34(43)40-22-26-19-27(31(40)11-8-12-32(41)37-24)23-39(21-26)35(44)36(17-6-7-18-36)28-13-15-29(45-2)16-14-28/h3-5,9-10,13-16,24,26-27,30-31H,6-8,11-12,17-23H2,1-2H3,(H,37,41)(H,38,42)/t24-,26+,27-,30+,31+/m1/s1. The summed E-state index contributed by atoms with van der Waals surface area (Å²) in [6.45, 7) is 3.42. The number of nitrogens with zero attached hydrogens (tertiary/aromatic N) is 2. The molecule has 240 valence electrons. The van der Waals surface area contributed by atoms with Gasteiger partial charge in [0.05, 0.1) is 12.5 Å². The molecule has 0 unspecified atom stereocenters. The van der Waals surface area contributed by atoms with Gasteiger partial charge >= 0.3 is 0 Å². The highest BCUT2D eigenvalue weighted by Crippen LogP contribution is 2.45. The van der Waals surface area contributed by atoms with Crippen LogP contribution in [-0.4, -0.2) is 78.3 Å². The first-order chi connectivity index (χ1) is 21.8. The van der Waals surface area contributed by atoms with Gasteiger partial charge in [-0.15, -0.1) is 0 Å². The summed E-state index contributed by atoms with van der Waals surface area (Å²) in [5, 5.41) is 5.78. The summed E-state index contributed by atoms with van der Waals surface area (Å²) in [4.78, 5) is 58.9. The topological polar surface area (TPSA) is 108 Å². The number of hydrogen-bond donors (Lipinski definition) is 2. The van der Waals surface area contributed by atoms with Crippen molar-refractivity contribution in [2.75, 3.05) is 26.7 Å². The Labute approximate surface area is 266 Å². The van der Waals surface area contributed by atoms with Crippen LogP contribution >= 0.6 is 0 Å². The lowest BCUT2D eigenvalue weighted by atomic mass is 9.74. The fourth-order valence-corrected chi connectivity index (χ4v) is 8.35. The summed E-state index contributed by atoms with van der Waals surface area (Å²) in [7, 11) is 1.65. The Morgan fingerprint density at radius 1 is 0.933 bits per heavy atom. The second kappa shape index (κ2) is 13.2. The Hall–Kier alpha value is -3.88. The lowest BCUT2D eigenvalue weighted by Crippen LogP contribution is -2.64. The first-order valence-corrected chi connectivity index (χ1v) is 16.7. The molecule has 0 spiro atoms. The third-order valence-electron chi connectivity index (χ3n) is 10.6. The molecule has 0 radical (unpaired) electrons. The van der Waals surface area contributed by atoms with Gasteiger partial charge in [-0.05, 0) is 74.1 Å². The van der Waals surface area contributed by atoms with Gasteiger partial charge in [-0.25, -0.2) is 0 Å². The fraction of sp³-hybridized carbons (Fsp3) is 0.556. The Morgan fingerprint density at radius 2 is 1.67 bits per heavy atom. The molecule has 4 aliphatic rings. The smallest absolute Gasteiger partial charge is 0.245 e. The van der Waals surface area contributed by atoms with E-state index in [-0.39, 0.29) is 41.5 Å². The van der Waals surface area contributed by atoms with Crippen molar-refractivity contribution in [3.63, 3.8) is 0 Å². The van der Waals surface area contributed by atoms with Crippen LogP contribution in [0.25, 0.3) is 0 Å². The van der Waals surface area contributed by atoms with E-state index in [0.29, 0.717) is 45.3 Å². The number of fused-ring (bicyclic) bond motifs is 4. The molecule has 6 rings (SSSR count). The van der Waals surface area contributed by atoms with Crippen molar-refractivity contribution >= 4 is 23.6 Å². The van der Waals surface area contributed by atoms with Gasteiger partial charge in [-0.3, -0.25) is 19.2 Å². The van der Waals surface area contributed by atoms with Crippen molar-refractivity contribution in [1.82, 2.24) is 20.4 Å². The Kier molecular flexibility index (Phi) is 9.15. The first kappa shape index (κ1) is 31.1. The molecule has 1 saturated carbocycles. The molecule has 3 heterocycles. The molecule has 0 aromatic heterocycles. The zero-order valence-electron chi connectivity index (χ0n) is 26.5. The van der Waals surface area contributed by atoms with E-state index < -0.39 is 17.5 Å². The van der Waals surface area contributed by atoms with Crippen molar-refractivity contribution in [3.05, 3.63) is 65.7 Å². The lowest BCUT2D eigenvalue weighted by Gasteiger charge is -2.52. The van der Waals surface area contributed by atoms with Crippen LogP contribution in [0.3, 0.4) is 0 Å². The minimum atomic E-state index is -0.741. The van der Waals surface area contributed by atoms with Crippen molar-refractivity contribution < 1.29 is 23.9 Å². The summed E-state index contributed by atoms with van der Waals surface area (Å²) in [6, 6.07) is 16.1. The van der Waals surface area contributed by atoms with Crippen LogP contribution in [-0.2, 0) is 31.0 Å². The highest BCUT2D eigenvalue weighted by Gasteiger charge is 2.50. The van der Waals surface area contributed by atoms with Gasteiger partial charge in [0.1, 0.15) is 17.8 Å². The molecular weight excluding hydrogens is 568 g/mol. The van der Waals surface area contributed by atoms with Crippen LogP contribution < -0.4 is 15.4 Å². The molecule has 1 aliphatic carbocycles. The number of amides is 4. The molecule has 9 heteroatoms. The normalized spacial score (nSPS) is 28.7. The largest absolute Gasteiger partial charge is 0.497 e. The van der Waals surface area contributed by atoms with E-state index in [0.717, 1.165) is 49.0 Å². The zero-order chi connectivity index (χ0) is 31.6. The molecule has 2 aromatic rings. The van der Waals surface area contributed by atoms with Gasteiger partial charge in [-0.2, -0.15) is 0 Å². The van der Waals surface area contributed by atoms with E-state index in [1.165, 1.54) is 0 Å². The molecular formula is C36H46N4O5. The highest BCUT2D eigenvalue weighted by atomic mass is 16.5. The molecule has 45 heavy (non-hydrogen) atoms. The van der Waals surface area contributed by atoms with Crippen molar-refractivity contribution in [3.8, 4) is 5.75 Å². The Morgan fingerprint density at radius 3 is 2.38 bits per heavy atom. The van der Waals surface area contributed by atoms with E-state index in [2.05, 4.69) is 15.5 Å². The highest BCUT2D eigenvalue weighted by molar-refractivity contribution is 5.92. The molecule has 9 nitrogen and oxygen atoms in total. The maximum absolute atomic E-state index is 14.5. The predicted octanol–water partition coefficient (Wildman–Crippen LogP) is 3.60. The van der Waals surface area contributed by atoms with E-state index >= 15 is 0 Å². The second-order valence-corrected chi connectivity index (χ2v) is 13.6. The number of methoxy groups -OCH3 is 1. The number of likely N-dealkylation sites (tertiary alicyclic amines) is 1. The van der Waals surface area contributed by atoms with Gasteiger partial charge in [0.2, 0.25) is 23.6 Å². The first-order valence-electron chi connectivity index (χ1n) is 16.7. The summed E-state index contributed by atoms with van der Waals surface area (Å²) >= 11 is 0. The van der Waals surface area contributed by atoms with Crippen LogP contribution in [0, 0.1) is 11.8 Å². The lowest BCUT2D eigenvalue weighted by molar-refractivity contribution is -0.151. The molecule has 2 bridgehead atoms. The maximum atomic E-state index is 14.5. The van der Waals surface area contributed by atoms with Crippen LogP contribution in [0.4, 0.5) is 0 Å². The van der Waals surface area contributed by atoms with E-state index in [1.807, 2.05) is 59.5 Å². The van der Waals surface area contributed by atoms with Crippen molar-refractivity contribution in [1.29, 1.82) is 0 Å². The molecule has 3 aliphatic heterocycles. The summed E-state index contributed by atoms with van der Waals surface area (Å²) in [5.74, 6) is 0.662. The van der Waals surface area contributed by atoms with Gasteiger partial charge in [0.15, 0.2) is 0 Å². The average molecular weight is 615 g/mol. The summed E-state index contributed by atoms with van der Waals surface area (Å²) in [6.07, 6.45) is 6.65. The number of carbonyl (C=O) groups is 4. The molecule has 3 saturated heterocycles. The third-order valence-corrected chi connectivity index (χ3v) is 10.6. The van der Waals surface area contributed by atoms with Crippen LogP contribution in [0.15, 0.2) is 54.6 Å².